The van der Waals surface area contributed by atoms with Crippen LogP contribution in [0.4, 0.5) is 0 Å². The van der Waals surface area contributed by atoms with Gasteiger partial charge in [0.05, 0.1) is 10.9 Å². The molecule has 0 unspecified atom stereocenters. The molecule has 2 aromatic rings. The minimum Gasteiger partial charge on any atom is -0.345 e. The zero-order valence-corrected chi connectivity index (χ0v) is 16.1. The molecule has 0 spiro atoms. The number of carbonyl (C=O) groups is 1. The van der Waals surface area contributed by atoms with Crippen molar-refractivity contribution in [3.05, 3.63) is 51.2 Å². The lowest BCUT2D eigenvalue weighted by Crippen LogP contribution is -2.27. The maximum atomic E-state index is 12.5. The molecule has 0 bridgehead atoms. The van der Waals surface area contributed by atoms with Gasteiger partial charge >= 0.3 is 0 Å². The van der Waals surface area contributed by atoms with Gasteiger partial charge in [0, 0.05) is 24.5 Å². The summed E-state index contributed by atoms with van der Waals surface area (Å²) in [5.41, 5.74) is 1.78. The Morgan fingerprint density at radius 1 is 1.25 bits per heavy atom. The van der Waals surface area contributed by atoms with E-state index < -0.39 is 10.0 Å². The number of hydrogen-bond acceptors (Lipinski definition) is 4. The number of amides is 1. The van der Waals surface area contributed by atoms with Crippen LogP contribution in [-0.4, -0.2) is 32.7 Å². The molecular formula is C17H22N2O3S2. The Kier molecular flexibility index (Phi) is 5.47. The fourth-order valence-electron chi connectivity index (χ4n) is 2.31. The summed E-state index contributed by atoms with van der Waals surface area (Å²) in [4.78, 5) is 13.8. The molecule has 0 fully saturated rings. The minimum atomic E-state index is -3.60. The first-order valence-electron chi connectivity index (χ1n) is 7.52. The summed E-state index contributed by atoms with van der Waals surface area (Å²) in [6.45, 7) is 5.47. The highest BCUT2D eigenvalue weighted by molar-refractivity contribution is 7.89. The van der Waals surface area contributed by atoms with Crippen molar-refractivity contribution >= 4 is 27.3 Å². The van der Waals surface area contributed by atoms with Crippen molar-refractivity contribution in [2.75, 3.05) is 14.1 Å². The third kappa shape index (κ3) is 3.68. The van der Waals surface area contributed by atoms with E-state index in [9.17, 15) is 13.2 Å². The molecule has 2 rings (SSSR count). The molecule has 1 aromatic heterocycles. The van der Waals surface area contributed by atoms with Crippen LogP contribution in [0.2, 0.25) is 0 Å². The fraction of sp³-hybridized carbons (Fsp3) is 0.353. The van der Waals surface area contributed by atoms with E-state index in [0.29, 0.717) is 11.1 Å². The molecule has 0 aliphatic rings. The maximum absolute atomic E-state index is 12.5. The predicted octanol–water partition coefficient (Wildman–Crippen LogP) is 3.11. The van der Waals surface area contributed by atoms with Crippen LogP contribution in [0.5, 0.6) is 0 Å². The van der Waals surface area contributed by atoms with Crippen molar-refractivity contribution in [1.82, 2.24) is 9.62 Å². The summed E-state index contributed by atoms with van der Waals surface area (Å²) in [6.07, 6.45) is 0. The number of nitrogens with zero attached hydrogens (tertiary/aromatic N) is 1. The van der Waals surface area contributed by atoms with Crippen molar-refractivity contribution in [1.29, 1.82) is 0 Å². The molecule has 0 aliphatic heterocycles. The van der Waals surface area contributed by atoms with E-state index in [1.807, 2.05) is 31.4 Å². The first-order valence-corrected chi connectivity index (χ1v) is 9.84. The van der Waals surface area contributed by atoms with E-state index in [-0.39, 0.29) is 16.8 Å². The average Bonchev–Trinajstić information content (AvgIpc) is 3.03. The van der Waals surface area contributed by atoms with E-state index >= 15 is 0 Å². The average molecular weight is 367 g/mol. The fourth-order valence-corrected chi connectivity index (χ4v) is 4.26. The van der Waals surface area contributed by atoms with Gasteiger partial charge in [0.15, 0.2) is 0 Å². The van der Waals surface area contributed by atoms with Gasteiger partial charge in [-0.3, -0.25) is 4.79 Å². The Bertz CT molecular complexity index is 841. The molecule has 0 saturated heterocycles. The minimum absolute atomic E-state index is 0.131. The predicted molar refractivity (Wildman–Crippen MR) is 97.0 cm³/mol. The van der Waals surface area contributed by atoms with E-state index in [0.717, 1.165) is 14.7 Å². The summed E-state index contributed by atoms with van der Waals surface area (Å²) in [6, 6.07) is 6.93. The molecule has 0 aliphatic carbocycles. The van der Waals surface area contributed by atoms with Gasteiger partial charge in [-0.15, -0.1) is 11.3 Å². The van der Waals surface area contributed by atoms with Crippen molar-refractivity contribution < 1.29 is 13.2 Å². The monoisotopic (exact) mass is 366 g/mol. The largest absolute Gasteiger partial charge is 0.345 e. The standard InChI is InChI=1S/C17H22N2O3S2/c1-11-9-14(10-16(12(11)2)24(21,22)19(4)5)17(20)18-13(3)15-7-6-8-23-15/h6-10,13H,1-5H3,(H,18,20)/t13-/m0/s1. The van der Waals surface area contributed by atoms with Crippen LogP contribution in [0.15, 0.2) is 34.5 Å². The van der Waals surface area contributed by atoms with E-state index in [2.05, 4.69) is 5.32 Å². The van der Waals surface area contributed by atoms with Crippen molar-refractivity contribution in [2.24, 2.45) is 0 Å². The van der Waals surface area contributed by atoms with Crippen LogP contribution >= 0.6 is 11.3 Å². The molecule has 7 heteroatoms. The lowest BCUT2D eigenvalue weighted by atomic mass is 10.1. The van der Waals surface area contributed by atoms with E-state index in [1.165, 1.54) is 20.2 Å². The number of hydrogen-bond donors (Lipinski definition) is 1. The summed E-state index contributed by atoms with van der Waals surface area (Å²) in [7, 11) is -0.639. The molecule has 24 heavy (non-hydrogen) atoms. The first-order chi connectivity index (χ1) is 11.1. The molecule has 0 radical (unpaired) electrons. The van der Waals surface area contributed by atoms with Gasteiger partial charge in [0.2, 0.25) is 10.0 Å². The molecule has 1 N–H and O–H groups in total. The zero-order chi connectivity index (χ0) is 18.1. The molecular weight excluding hydrogens is 344 g/mol. The van der Waals surface area contributed by atoms with E-state index in [4.69, 9.17) is 0 Å². The Morgan fingerprint density at radius 3 is 2.46 bits per heavy atom. The van der Waals surface area contributed by atoms with Gasteiger partial charge in [0.25, 0.3) is 5.91 Å². The number of benzene rings is 1. The van der Waals surface area contributed by atoms with E-state index in [1.54, 1.807) is 24.3 Å². The summed E-state index contributed by atoms with van der Waals surface area (Å²) in [5, 5.41) is 4.87. The second kappa shape index (κ2) is 7.04. The summed E-state index contributed by atoms with van der Waals surface area (Å²) in [5.74, 6) is -0.283. The highest BCUT2D eigenvalue weighted by Crippen LogP contribution is 2.24. The zero-order valence-electron chi connectivity index (χ0n) is 14.5. The van der Waals surface area contributed by atoms with Crippen LogP contribution in [0.1, 0.15) is 39.3 Å². The van der Waals surface area contributed by atoms with Crippen molar-refractivity contribution in [3.63, 3.8) is 0 Å². The number of aryl methyl sites for hydroxylation is 1. The molecule has 1 amide bonds. The van der Waals surface area contributed by atoms with Crippen molar-refractivity contribution in [3.8, 4) is 0 Å². The quantitative estimate of drug-likeness (QED) is 0.884. The van der Waals surface area contributed by atoms with Crippen LogP contribution in [0.25, 0.3) is 0 Å². The molecule has 1 heterocycles. The highest BCUT2D eigenvalue weighted by Gasteiger charge is 2.23. The Balaban J connectivity index is 2.38. The molecule has 1 aromatic carbocycles. The van der Waals surface area contributed by atoms with Crippen molar-refractivity contribution in [2.45, 2.75) is 31.7 Å². The Hall–Kier alpha value is -1.70. The lowest BCUT2D eigenvalue weighted by Gasteiger charge is -2.17. The molecule has 1 atom stereocenters. The number of sulfonamides is 1. The normalized spacial score (nSPS) is 13.1. The van der Waals surface area contributed by atoms with Crippen LogP contribution in [0, 0.1) is 13.8 Å². The number of rotatable bonds is 5. The third-order valence-electron chi connectivity index (χ3n) is 3.96. The Labute approximate surface area is 147 Å². The van der Waals surface area contributed by atoms with Gasteiger partial charge in [-0.1, -0.05) is 6.07 Å². The van der Waals surface area contributed by atoms with Gasteiger partial charge in [0.1, 0.15) is 0 Å². The van der Waals surface area contributed by atoms with Gasteiger partial charge in [-0.25, -0.2) is 12.7 Å². The molecule has 5 nitrogen and oxygen atoms in total. The van der Waals surface area contributed by atoms with Gasteiger partial charge in [-0.05, 0) is 55.5 Å². The van der Waals surface area contributed by atoms with Crippen LogP contribution in [-0.2, 0) is 10.0 Å². The summed E-state index contributed by atoms with van der Waals surface area (Å²) >= 11 is 1.57. The smallest absolute Gasteiger partial charge is 0.251 e. The lowest BCUT2D eigenvalue weighted by molar-refractivity contribution is 0.0940. The van der Waals surface area contributed by atoms with Gasteiger partial charge < -0.3 is 5.32 Å². The first kappa shape index (κ1) is 18.6. The number of carbonyl (C=O) groups excluding carboxylic acids is 1. The van der Waals surface area contributed by atoms with Crippen LogP contribution in [0.3, 0.4) is 0 Å². The SMILES string of the molecule is Cc1cc(C(=O)N[C@@H](C)c2cccs2)cc(S(=O)(=O)N(C)C)c1C. The highest BCUT2D eigenvalue weighted by atomic mass is 32.2. The van der Waals surface area contributed by atoms with Gasteiger partial charge in [-0.2, -0.15) is 0 Å². The van der Waals surface area contributed by atoms with Crippen LogP contribution < -0.4 is 5.32 Å². The topological polar surface area (TPSA) is 66.5 Å². The second-order valence-corrected chi connectivity index (χ2v) is 9.01. The maximum Gasteiger partial charge on any atom is 0.251 e. The molecule has 130 valence electrons. The second-order valence-electron chi connectivity index (χ2n) is 5.91. The third-order valence-corrected chi connectivity index (χ3v) is 6.95. The molecule has 0 saturated carbocycles. The number of thiophene rings is 1. The summed E-state index contributed by atoms with van der Waals surface area (Å²) < 4.78 is 26.1. The Morgan fingerprint density at radius 2 is 1.92 bits per heavy atom. The number of nitrogens with one attached hydrogen (secondary N) is 1.